The summed E-state index contributed by atoms with van der Waals surface area (Å²) in [6.45, 7) is 0. The summed E-state index contributed by atoms with van der Waals surface area (Å²) in [7, 11) is 0. The molecule has 0 aliphatic rings. The molecule has 0 saturated heterocycles. The first-order valence-electron chi connectivity index (χ1n) is 5.14. The number of hydrogen-bond donors (Lipinski definition) is 1. The van der Waals surface area contributed by atoms with Gasteiger partial charge in [0.25, 0.3) is 0 Å². The van der Waals surface area contributed by atoms with Crippen molar-refractivity contribution in [2.45, 2.75) is 0 Å². The summed E-state index contributed by atoms with van der Waals surface area (Å²) in [5, 5.41) is 18.7. The number of pyridine rings is 1. The van der Waals surface area contributed by atoms with Gasteiger partial charge in [-0.15, -0.1) is 0 Å². The molecule has 4 nitrogen and oxygen atoms in total. The van der Waals surface area contributed by atoms with E-state index in [-0.39, 0.29) is 22.1 Å². The quantitative estimate of drug-likeness (QED) is 0.815. The number of nitrogens with zero attached hydrogens (tertiary/aromatic N) is 3. The fourth-order valence-electron chi connectivity index (χ4n) is 1.72. The molecule has 1 heterocycles. The number of halogens is 2. The third-order valence-corrected chi connectivity index (χ3v) is 3.15. The van der Waals surface area contributed by atoms with E-state index in [0.717, 1.165) is 0 Å². The van der Waals surface area contributed by atoms with Gasteiger partial charge in [0, 0.05) is 16.1 Å². The van der Waals surface area contributed by atoms with E-state index in [9.17, 15) is 10.5 Å². The molecule has 6 heteroatoms. The van der Waals surface area contributed by atoms with Crippen LogP contribution in [0.15, 0.2) is 24.3 Å². The smallest absolute Gasteiger partial charge is 0.149 e. The Morgan fingerprint density at radius 2 is 1.68 bits per heavy atom. The number of nitriles is 2. The maximum atomic E-state index is 9.20. The first kappa shape index (κ1) is 13.2. The first-order chi connectivity index (χ1) is 9.10. The van der Waals surface area contributed by atoms with Crippen LogP contribution in [0.1, 0.15) is 11.1 Å². The minimum absolute atomic E-state index is 0.0265. The van der Waals surface area contributed by atoms with Gasteiger partial charge in [0.1, 0.15) is 28.7 Å². The Balaban J connectivity index is 2.94. The van der Waals surface area contributed by atoms with Crippen molar-refractivity contribution in [1.29, 1.82) is 10.5 Å². The molecule has 92 valence electrons. The Bertz CT molecular complexity index is 703. The zero-order chi connectivity index (χ0) is 14.0. The average molecular weight is 289 g/mol. The second-order valence-corrected chi connectivity index (χ2v) is 4.38. The molecule has 2 aromatic rings. The molecule has 2 rings (SSSR count). The van der Waals surface area contributed by atoms with Gasteiger partial charge in [0.05, 0.1) is 5.56 Å². The number of aromatic nitrogens is 1. The van der Waals surface area contributed by atoms with Gasteiger partial charge in [-0.1, -0.05) is 41.4 Å². The molecule has 0 atom stereocenters. The van der Waals surface area contributed by atoms with Crippen LogP contribution in [0, 0.1) is 22.7 Å². The molecule has 0 bridgehead atoms. The van der Waals surface area contributed by atoms with Crippen LogP contribution in [0.3, 0.4) is 0 Å². The lowest BCUT2D eigenvalue weighted by Crippen LogP contribution is -2.01. The maximum absolute atomic E-state index is 9.20. The second kappa shape index (κ2) is 5.16. The number of nitrogens with two attached hydrogens (primary N) is 1. The summed E-state index contributed by atoms with van der Waals surface area (Å²) in [5.74, 6) is -0.0265. The lowest BCUT2D eigenvalue weighted by Gasteiger charge is -2.11. The summed E-state index contributed by atoms with van der Waals surface area (Å²) < 4.78 is 0. The van der Waals surface area contributed by atoms with Crippen molar-refractivity contribution in [3.63, 3.8) is 0 Å². The van der Waals surface area contributed by atoms with E-state index in [2.05, 4.69) is 4.98 Å². The first-order valence-corrected chi connectivity index (χ1v) is 5.89. The van der Waals surface area contributed by atoms with Crippen molar-refractivity contribution in [3.05, 3.63) is 45.6 Å². The standard InChI is InChI=1S/C13H6Cl2N4/c14-10-4-2-1-3-7(10)11-8(5-16)12(15)19-13(18)9(11)6-17/h1-4H,(H2,18,19). The molecule has 0 fully saturated rings. The zero-order valence-corrected chi connectivity index (χ0v) is 11.0. The molecule has 1 aromatic heterocycles. The van der Waals surface area contributed by atoms with Crippen LogP contribution in [0.25, 0.3) is 11.1 Å². The van der Waals surface area contributed by atoms with Crippen molar-refractivity contribution < 1.29 is 0 Å². The van der Waals surface area contributed by atoms with Gasteiger partial charge in [0.15, 0.2) is 0 Å². The van der Waals surface area contributed by atoms with Gasteiger partial charge in [0.2, 0.25) is 0 Å². The third kappa shape index (κ3) is 2.20. The van der Waals surface area contributed by atoms with Crippen molar-refractivity contribution >= 4 is 29.0 Å². The molecule has 0 amide bonds. The molecule has 0 aliphatic heterocycles. The van der Waals surface area contributed by atoms with E-state index >= 15 is 0 Å². The van der Waals surface area contributed by atoms with Gasteiger partial charge in [-0.05, 0) is 6.07 Å². The minimum Gasteiger partial charge on any atom is -0.383 e. The molecule has 0 unspecified atom stereocenters. The predicted octanol–water partition coefficient (Wildman–Crippen LogP) is 3.38. The van der Waals surface area contributed by atoms with Crippen LogP contribution in [0.5, 0.6) is 0 Å². The van der Waals surface area contributed by atoms with Crippen molar-refractivity contribution in [1.82, 2.24) is 4.98 Å². The van der Waals surface area contributed by atoms with Crippen molar-refractivity contribution in [3.8, 4) is 23.3 Å². The van der Waals surface area contributed by atoms with E-state index in [1.165, 1.54) is 0 Å². The van der Waals surface area contributed by atoms with Crippen LogP contribution in [-0.2, 0) is 0 Å². The fourth-order valence-corrected chi connectivity index (χ4v) is 2.18. The van der Waals surface area contributed by atoms with Crippen LogP contribution >= 0.6 is 23.2 Å². The molecule has 0 saturated carbocycles. The third-order valence-electron chi connectivity index (χ3n) is 2.55. The lowest BCUT2D eigenvalue weighted by atomic mass is 9.97. The Morgan fingerprint density at radius 3 is 2.26 bits per heavy atom. The Labute approximate surface area is 119 Å². The SMILES string of the molecule is N#Cc1c(N)nc(Cl)c(C#N)c1-c1ccccc1Cl. The highest BCUT2D eigenvalue weighted by atomic mass is 35.5. The van der Waals surface area contributed by atoms with E-state index in [0.29, 0.717) is 16.1 Å². The summed E-state index contributed by atoms with van der Waals surface area (Å²) in [6.07, 6.45) is 0. The molecule has 19 heavy (non-hydrogen) atoms. The largest absolute Gasteiger partial charge is 0.383 e. The average Bonchev–Trinajstić information content (AvgIpc) is 2.38. The lowest BCUT2D eigenvalue weighted by molar-refractivity contribution is 1.29. The fraction of sp³-hybridized carbons (Fsp3) is 0. The topological polar surface area (TPSA) is 86.5 Å². The molecular weight excluding hydrogens is 283 g/mol. The Kier molecular flexibility index (Phi) is 3.57. The van der Waals surface area contributed by atoms with Crippen LogP contribution < -0.4 is 5.73 Å². The van der Waals surface area contributed by atoms with Gasteiger partial charge in [-0.3, -0.25) is 0 Å². The van der Waals surface area contributed by atoms with E-state index in [1.54, 1.807) is 24.3 Å². The molecule has 0 radical (unpaired) electrons. The molecule has 0 aliphatic carbocycles. The summed E-state index contributed by atoms with van der Waals surface area (Å²) in [5.41, 5.74) is 6.68. The molecule has 0 spiro atoms. The van der Waals surface area contributed by atoms with Crippen molar-refractivity contribution in [2.24, 2.45) is 0 Å². The van der Waals surface area contributed by atoms with E-state index in [4.69, 9.17) is 28.9 Å². The zero-order valence-electron chi connectivity index (χ0n) is 9.48. The van der Waals surface area contributed by atoms with E-state index in [1.807, 2.05) is 12.1 Å². The van der Waals surface area contributed by atoms with Crippen LogP contribution in [-0.4, -0.2) is 4.98 Å². The summed E-state index contributed by atoms with van der Waals surface area (Å²) in [4.78, 5) is 3.79. The number of benzene rings is 1. The van der Waals surface area contributed by atoms with Gasteiger partial charge in [-0.2, -0.15) is 10.5 Å². The monoisotopic (exact) mass is 288 g/mol. The Hall–Kier alpha value is -2.27. The highest BCUT2D eigenvalue weighted by molar-refractivity contribution is 6.34. The highest BCUT2D eigenvalue weighted by Crippen LogP contribution is 2.37. The van der Waals surface area contributed by atoms with Crippen molar-refractivity contribution in [2.75, 3.05) is 5.73 Å². The molecule has 2 N–H and O–H groups in total. The number of nitrogen functional groups attached to an aromatic ring is 1. The normalized spacial score (nSPS) is 9.68. The number of hydrogen-bond acceptors (Lipinski definition) is 4. The summed E-state index contributed by atoms with van der Waals surface area (Å²) in [6, 6.07) is 10.7. The van der Waals surface area contributed by atoms with Crippen LogP contribution in [0.2, 0.25) is 10.2 Å². The highest BCUT2D eigenvalue weighted by Gasteiger charge is 2.20. The van der Waals surface area contributed by atoms with Gasteiger partial charge < -0.3 is 5.73 Å². The molecular formula is C13H6Cl2N4. The van der Waals surface area contributed by atoms with Gasteiger partial charge >= 0.3 is 0 Å². The van der Waals surface area contributed by atoms with E-state index < -0.39 is 0 Å². The summed E-state index contributed by atoms with van der Waals surface area (Å²) >= 11 is 12.0. The minimum atomic E-state index is -0.0473. The second-order valence-electron chi connectivity index (χ2n) is 3.62. The van der Waals surface area contributed by atoms with Gasteiger partial charge in [-0.25, -0.2) is 4.98 Å². The maximum Gasteiger partial charge on any atom is 0.149 e. The predicted molar refractivity (Wildman–Crippen MR) is 73.5 cm³/mol. The molecule has 1 aromatic carbocycles. The number of rotatable bonds is 1. The number of anilines is 1. The Morgan fingerprint density at radius 1 is 1.05 bits per heavy atom. The van der Waals surface area contributed by atoms with Crippen LogP contribution in [0.4, 0.5) is 5.82 Å².